The van der Waals surface area contributed by atoms with Gasteiger partial charge in [0.25, 0.3) is 11.8 Å². The zero-order valence-corrected chi connectivity index (χ0v) is 18.8. The summed E-state index contributed by atoms with van der Waals surface area (Å²) in [6, 6.07) is 0. The molecule has 1 amide bonds. The molecule has 15 nitrogen and oxygen atoms in total. The molecule has 0 aromatic heterocycles. The van der Waals surface area contributed by atoms with Crippen molar-refractivity contribution in [2.45, 2.75) is 30.7 Å². The van der Waals surface area contributed by atoms with E-state index in [0.29, 0.717) is 0 Å². The Balaban J connectivity index is 2.16. The van der Waals surface area contributed by atoms with Crippen LogP contribution in [0.15, 0.2) is 24.7 Å². The minimum atomic E-state index is -5.65. The summed E-state index contributed by atoms with van der Waals surface area (Å²) in [7, 11) is -11.2. The lowest BCUT2D eigenvalue weighted by Gasteiger charge is -2.36. The Kier molecular flexibility index (Phi) is 7.42. The second-order valence-electron chi connectivity index (χ2n) is 6.41. The standard InChI is InChI=1S/C11H18FN2O13P3S/c1-6-13-7(15)3-4-14(6)9-10(2,17)8(16)11(12,25-9)5-24-30(23,31)27-29(21,22)26-28(18,19)20/h3-4,8-9,16-17H,1,5H2,2H3,(H,13,15)(H,21,22)(H,23,31)(H2,18,19,20)/t8-,9+,10+,11+,30-/m0/s1. The lowest BCUT2D eigenvalue weighted by atomic mass is 9.95. The number of amides is 1. The van der Waals surface area contributed by atoms with E-state index in [-0.39, 0.29) is 5.82 Å². The molecule has 31 heavy (non-hydrogen) atoms. The van der Waals surface area contributed by atoms with Crippen LogP contribution in [0.1, 0.15) is 6.92 Å². The first kappa shape index (κ1) is 26.6. The summed E-state index contributed by atoms with van der Waals surface area (Å²) in [6.07, 6.45) is -1.96. The minimum Gasteiger partial charge on any atom is -0.384 e. The van der Waals surface area contributed by atoms with Crippen LogP contribution in [0, 0.1) is 0 Å². The number of nitrogens with one attached hydrogen (secondary N) is 1. The number of aliphatic hydroxyl groups excluding tert-OH is 1. The van der Waals surface area contributed by atoms with E-state index in [2.05, 4.69) is 36.8 Å². The Morgan fingerprint density at radius 2 is 1.94 bits per heavy atom. The average molecular weight is 530 g/mol. The van der Waals surface area contributed by atoms with Gasteiger partial charge < -0.3 is 49.3 Å². The summed E-state index contributed by atoms with van der Waals surface area (Å²) < 4.78 is 54.3. The van der Waals surface area contributed by atoms with Gasteiger partial charge in [-0.25, -0.2) is 17.8 Å². The molecule has 0 aliphatic carbocycles. The molecular weight excluding hydrogens is 512 g/mol. The van der Waals surface area contributed by atoms with Gasteiger partial charge in [-0.3, -0.25) is 4.79 Å². The third-order valence-electron chi connectivity index (χ3n) is 3.83. The van der Waals surface area contributed by atoms with Gasteiger partial charge in [-0.05, 0) is 18.7 Å². The van der Waals surface area contributed by atoms with Gasteiger partial charge in [0.05, 0.1) is 0 Å². The summed E-state index contributed by atoms with van der Waals surface area (Å²) in [4.78, 5) is 48.3. The quantitative estimate of drug-likeness (QED) is 0.187. The van der Waals surface area contributed by atoms with Crippen molar-refractivity contribution in [3.8, 4) is 0 Å². The predicted octanol–water partition coefficient (Wildman–Crippen LogP) is -1.00. The minimum absolute atomic E-state index is 0.137. The fraction of sp³-hybridized carbons (Fsp3) is 0.545. The van der Waals surface area contributed by atoms with Gasteiger partial charge in [-0.2, -0.15) is 4.31 Å². The number of nitrogens with zero attached hydrogens (tertiary/aromatic N) is 1. The Labute approximate surface area is 178 Å². The maximum atomic E-state index is 15.2. The zero-order chi connectivity index (χ0) is 24.0. The molecule has 6 atom stereocenters. The molecule has 0 aromatic carbocycles. The molecule has 0 radical (unpaired) electrons. The molecule has 2 aliphatic rings. The van der Waals surface area contributed by atoms with Crippen LogP contribution < -0.4 is 5.32 Å². The molecule has 2 aliphatic heterocycles. The maximum absolute atomic E-state index is 15.2. The van der Waals surface area contributed by atoms with Crippen molar-refractivity contribution in [2.75, 3.05) is 6.61 Å². The molecule has 2 heterocycles. The number of phosphoric acid groups is 2. The first-order valence-electron chi connectivity index (χ1n) is 7.80. The number of halogens is 1. The first-order chi connectivity index (χ1) is 13.8. The van der Waals surface area contributed by atoms with E-state index >= 15 is 4.39 Å². The molecule has 7 N–H and O–H groups in total. The van der Waals surface area contributed by atoms with E-state index in [1.165, 1.54) is 0 Å². The van der Waals surface area contributed by atoms with Crippen LogP contribution in [0.5, 0.6) is 0 Å². The largest absolute Gasteiger partial charge is 0.488 e. The first-order valence-corrected chi connectivity index (χ1v) is 13.4. The zero-order valence-electron chi connectivity index (χ0n) is 15.3. The third kappa shape index (κ3) is 6.47. The summed E-state index contributed by atoms with van der Waals surface area (Å²) in [5, 5.41) is 23.0. The Morgan fingerprint density at radius 3 is 2.45 bits per heavy atom. The number of rotatable bonds is 8. The van der Waals surface area contributed by atoms with Gasteiger partial charge in [0.15, 0.2) is 6.23 Å². The van der Waals surface area contributed by atoms with Crippen molar-refractivity contribution >= 4 is 40.1 Å². The van der Waals surface area contributed by atoms with Crippen LogP contribution >= 0.6 is 22.4 Å². The second kappa shape index (κ2) is 8.63. The number of hydrogen-bond acceptors (Lipinski definition) is 11. The normalized spacial score (nSPS) is 35.5. The molecule has 1 saturated heterocycles. The molecule has 0 bridgehead atoms. The van der Waals surface area contributed by atoms with Crippen LogP contribution in [-0.4, -0.2) is 71.0 Å². The van der Waals surface area contributed by atoms with Crippen LogP contribution in [-0.2, 0) is 43.6 Å². The molecule has 1 unspecified atom stereocenters. The fourth-order valence-electron chi connectivity index (χ4n) is 2.57. The van der Waals surface area contributed by atoms with Crippen LogP contribution in [0.25, 0.3) is 0 Å². The Hall–Kier alpha value is -0.610. The Morgan fingerprint density at radius 1 is 1.35 bits per heavy atom. The number of alkyl halides is 1. The van der Waals surface area contributed by atoms with Crippen molar-refractivity contribution in [3.05, 3.63) is 24.7 Å². The number of hydrogen-bond donors (Lipinski definition) is 7. The molecular formula is C11H18FN2O13P3S. The van der Waals surface area contributed by atoms with E-state index in [1.54, 1.807) is 0 Å². The highest BCUT2D eigenvalue weighted by Crippen LogP contribution is 2.66. The van der Waals surface area contributed by atoms with Gasteiger partial charge >= 0.3 is 22.4 Å². The number of ether oxygens (including phenoxy) is 1. The lowest BCUT2D eigenvalue weighted by Crippen LogP contribution is -2.54. The highest BCUT2D eigenvalue weighted by Gasteiger charge is 2.64. The van der Waals surface area contributed by atoms with Gasteiger partial charge in [-0.1, -0.05) is 6.58 Å². The average Bonchev–Trinajstić information content (AvgIpc) is 2.71. The molecule has 0 saturated carbocycles. The summed E-state index contributed by atoms with van der Waals surface area (Å²) >= 11 is 4.35. The van der Waals surface area contributed by atoms with Gasteiger partial charge in [0, 0.05) is 12.3 Å². The number of carbonyl (C=O) groups is 1. The highest BCUT2D eigenvalue weighted by atomic mass is 32.5. The second-order valence-corrected chi connectivity index (χ2v) is 12.2. The Bertz CT molecular complexity index is 940. The van der Waals surface area contributed by atoms with E-state index in [0.717, 1.165) is 24.1 Å². The van der Waals surface area contributed by atoms with Crippen LogP contribution in [0.2, 0.25) is 0 Å². The van der Waals surface area contributed by atoms with Gasteiger partial charge in [-0.15, -0.1) is 0 Å². The summed E-state index contributed by atoms with van der Waals surface area (Å²) in [5.41, 5.74) is -2.36. The smallest absolute Gasteiger partial charge is 0.384 e. The SMILES string of the molecule is C=C1NC(=O)C=CN1[C@@H]1O[C@](F)(CO[P@](O)(=S)OP(=O)(O)OP(=O)(O)O)[C@@H](O)[C@@]1(C)O. The van der Waals surface area contributed by atoms with Crippen molar-refractivity contribution in [1.29, 1.82) is 0 Å². The molecule has 0 aromatic rings. The number of carbonyl (C=O) groups excluding carboxylic acids is 1. The third-order valence-corrected chi connectivity index (χ3v) is 8.53. The van der Waals surface area contributed by atoms with E-state index < -0.39 is 58.7 Å². The van der Waals surface area contributed by atoms with Crippen molar-refractivity contribution < 1.29 is 66.0 Å². The maximum Gasteiger partial charge on any atom is 0.488 e. The highest BCUT2D eigenvalue weighted by molar-refractivity contribution is 8.08. The molecule has 178 valence electrons. The topological polar surface area (TPSA) is 225 Å². The van der Waals surface area contributed by atoms with Gasteiger partial charge in [0.1, 0.15) is 24.1 Å². The van der Waals surface area contributed by atoms with E-state index in [4.69, 9.17) is 14.5 Å². The number of aliphatic hydroxyl groups is 2. The van der Waals surface area contributed by atoms with Gasteiger partial charge in [0.2, 0.25) is 0 Å². The lowest BCUT2D eigenvalue weighted by molar-refractivity contribution is -0.206. The molecule has 2 rings (SSSR count). The van der Waals surface area contributed by atoms with Crippen LogP contribution in [0.4, 0.5) is 4.39 Å². The molecule has 1 fully saturated rings. The molecule has 20 heteroatoms. The fourth-order valence-corrected chi connectivity index (χ4v) is 6.52. The van der Waals surface area contributed by atoms with Crippen LogP contribution in [0.3, 0.4) is 0 Å². The van der Waals surface area contributed by atoms with Crippen molar-refractivity contribution in [3.63, 3.8) is 0 Å². The van der Waals surface area contributed by atoms with Crippen molar-refractivity contribution in [1.82, 2.24) is 10.2 Å². The molecule has 0 spiro atoms. The van der Waals surface area contributed by atoms with E-state index in [1.807, 2.05) is 0 Å². The van der Waals surface area contributed by atoms with Crippen molar-refractivity contribution in [2.24, 2.45) is 0 Å². The van der Waals surface area contributed by atoms with E-state index in [9.17, 15) is 33.9 Å². The summed E-state index contributed by atoms with van der Waals surface area (Å²) in [6.45, 7) is -1.90. The summed E-state index contributed by atoms with van der Waals surface area (Å²) in [5.74, 6) is -4.00. The monoisotopic (exact) mass is 530 g/mol. The predicted molar refractivity (Wildman–Crippen MR) is 100 cm³/mol.